The van der Waals surface area contributed by atoms with Crippen molar-refractivity contribution in [2.75, 3.05) is 40.4 Å². The van der Waals surface area contributed by atoms with Gasteiger partial charge in [-0.1, -0.05) is 0 Å². The molecule has 78 valence electrons. The lowest BCUT2D eigenvalue weighted by Crippen LogP contribution is -2.30. The highest BCUT2D eigenvalue weighted by molar-refractivity contribution is 5.67. The van der Waals surface area contributed by atoms with Crippen molar-refractivity contribution in [2.45, 2.75) is 6.42 Å². The van der Waals surface area contributed by atoms with Gasteiger partial charge in [0.05, 0.1) is 6.61 Å². The maximum Gasteiger partial charge on any atom is 0.409 e. The topological polar surface area (TPSA) is 61.8 Å². The van der Waals surface area contributed by atoms with Gasteiger partial charge in [-0.15, -0.1) is 0 Å². The molecule has 5 heteroatoms. The van der Waals surface area contributed by atoms with Gasteiger partial charge in [-0.3, -0.25) is 0 Å². The number of nitrogens with one attached hydrogen (secondary N) is 1. The highest BCUT2D eigenvalue weighted by Gasteiger charge is 2.07. The van der Waals surface area contributed by atoms with Crippen molar-refractivity contribution in [3.63, 3.8) is 0 Å². The van der Waals surface area contributed by atoms with E-state index in [4.69, 9.17) is 9.84 Å². The molecular weight excluding hydrogens is 172 g/mol. The van der Waals surface area contributed by atoms with E-state index in [1.165, 1.54) is 4.90 Å². The Kier molecular flexibility index (Phi) is 7.33. The van der Waals surface area contributed by atoms with Gasteiger partial charge in [-0.2, -0.15) is 0 Å². The number of carbonyl (C=O) groups is 1. The summed E-state index contributed by atoms with van der Waals surface area (Å²) in [5, 5.41) is 11.4. The number of aliphatic hydroxyl groups excluding tert-OH is 1. The zero-order valence-electron chi connectivity index (χ0n) is 8.25. The Labute approximate surface area is 78.7 Å². The summed E-state index contributed by atoms with van der Waals surface area (Å²) < 4.78 is 4.70. The second kappa shape index (κ2) is 7.82. The van der Waals surface area contributed by atoms with Crippen LogP contribution in [0, 0.1) is 0 Å². The zero-order chi connectivity index (χ0) is 10.1. The Morgan fingerprint density at radius 2 is 2.31 bits per heavy atom. The fraction of sp³-hybridized carbons (Fsp3) is 0.875. The third-order valence-corrected chi connectivity index (χ3v) is 1.55. The van der Waals surface area contributed by atoms with Crippen LogP contribution in [0.5, 0.6) is 0 Å². The molecule has 0 radical (unpaired) electrons. The molecule has 0 aliphatic rings. The number of amides is 1. The molecular formula is C8H18N2O3. The first kappa shape index (κ1) is 12.2. The predicted molar refractivity (Wildman–Crippen MR) is 49.6 cm³/mol. The van der Waals surface area contributed by atoms with E-state index in [-0.39, 0.29) is 19.3 Å². The van der Waals surface area contributed by atoms with Crippen molar-refractivity contribution in [1.82, 2.24) is 10.2 Å². The third kappa shape index (κ3) is 6.36. The molecule has 0 aromatic rings. The summed E-state index contributed by atoms with van der Waals surface area (Å²) in [6.45, 7) is 1.47. The van der Waals surface area contributed by atoms with Gasteiger partial charge in [0.1, 0.15) is 6.61 Å². The summed E-state index contributed by atoms with van der Waals surface area (Å²) in [6, 6.07) is 0. The first-order chi connectivity index (χ1) is 6.22. The molecule has 0 heterocycles. The molecule has 1 amide bonds. The van der Waals surface area contributed by atoms with Crippen molar-refractivity contribution < 1.29 is 14.6 Å². The standard InChI is InChI=1S/C8H18N2O3/c1-9-4-3-5-10(2)8(12)13-7-6-11/h9,11H,3-7H2,1-2H3. The van der Waals surface area contributed by atoms with Crippen LogP contribution in [0.25, 0.3) is 0 Å². The fourth-order valence-corrected chi connectivity index (χ4v) is 0.827. The van der Waals surface area contributed by atoms with E-state index in [0.717, 1.165) is 13.0 Å². The minimum absolute atomic E-state index is 0.0647. The normalized spacial score (nSPS) is 9.77. The third-order valence-electron chi connectivity index (χ3n) is 1.55. The molecule has 0 aromatic heterocycles. The summed E-state index contributed by atoms with van der Waals surface area (Å²) in [5.74, 6) is 0. The van der Waals surface area contributed by atoms with Gasteiger partial charge in [0.25, 0.3) is 0 Å². The smallest absolute Gasteiger partial charge is 0.409 e. The fourth-order valence-electron chi connectivity index (χ4n) is 0.827. The molecule has 0 saturated carbocycles. The van der Waals surface area contributed by atoms with Crippen molar-refractivity contribution in [3.05, 3.63) is 0 Å². The summed E-state index contributed by atoms with van der Waals surface area (Å²) in [6.07, 6.45) is 0.506. The maximum atomic E-state index is 11.1. The largest absolute Gasteiger partial charge is 0.447 e. The Bertz CT molecular complexity index is 141. The number of ether oxygens (including phenoxy) is 1. The second-order valence-corrected chi connectivity index (χ2v) is 2.72. The van der Waals surface area contributed by atoms with Crippen LogP contribution in [-0.4, -0.2) is 56.5 Å². The highest BCUT2D eigenvalue weighted by atomic mass is 16.6. The van der Waals surface area contributed by atoms with E-state index < -0.39 is 0 Å². The molecule has 0 spiro atoms. The van der Waals surface area contributed by atoms with E-state index in [1.54, 1.807) is 7.05 Å². The van der Waals surface area contributed by atoms with Crippen LogP contribution in [0.15, 0.2) is 0 Å². The summed E-state index contributed by atoms with van der Waals surface area (Å²) in [5.41, 5.74) is 0. The van der Waals surface area contributed by atoms with E-state index in [1.807, 2.05) is 7.05 Å². The molecule has 0 fully saturated rings. The SMILES string of the molecule is CNCCCN(C)C(=O)OCCO. The molecule has 13 heavy (non-hydrogen) atoms. The molecule has 0 saturated heterocycles. The minimum Gasteiger partial charge on any atom is -0.447 e. The van der Waals surface area contributed by atoms with E-state index in [2.05, 4.69) is 5.32 Å². The van der Waals surface area contributed by atoms with Gasteiger partial charge in [0.2, 0.25) is 0 Å². The zero-order valence-corrected chi connectivity index (χ0v) is 8.25. The maximum absolute atomic E-state index is 11.1. The van der Waals surface area contributed by atoms with Gasteiger partial charge in [0.15, 0.2) is 0 Å². The number of hydrogen-bond donors (Lipinski definition) is 2. The van der Waals surface area contributed by atoms with E-state index in [9.17, 15) is 4.79 Å². The van der Waals surface area contributed by atoms with E-state index >= 15 is 0 Å². The number of rotatable bonds is 6. The van der Waals surface area contributed by atoms with Gasteiger partial charge in [-0.05, 0) is 20.0 Å². The lowest BCUT2D eigenvalue weighted by atomic mass is 10.4. The average molecular weight is 190 g/mol. The van der Waals surface area contributed by atoms with E-state index in [0.29, 0.717) is 6.54 Å². The monoisotopic (exact) mass is 190 g/mol. The molecule has 2 N–H and O–H groups in total. The van der Waals surface area contributed by atoms with Crippen molar-refractivity contribution in [3.8, 4) is 0 Å². The van der Waals surface area contributed by atoms with Gasteiger partial charge in [0, 0.05) is 13.6 Å². The quantitative estimate of drug-likeness (QED) is 0.562. The van der Waals surface area contributed by atoms with Crippen LogP contribution in [0.3, 0.4) is 0 Å². The van der Waals surface area contributed by atoms with Gasteiger partial charge < -0.3 is 20.1 Å². The molecule has 0 aromatic carbocycles. The average Bonchev–Trinajstić information content (AvgIpc) is 2.14. The first-order valence-electron chi connectivity index (χ1n) is 4.35. The molecule has 5 nitrogen and oxygen atoms in total. The summed E-state index contributed by atoms with van der Waals surface area (Å²) in [4.78, 5) is 12.6. The van der Waals surface area contributed by atoms with Crippen molar-refractivity contribution in [2.24, 2.45) is 0 Å². The number of aliphatic hydroxyl groups is 1. The number of carbonyl (C=O) groups excluding carboxylic acids is 1. The van der Waals surface area contributed by atoms with Crippen LogP contribution in [0.2, 0.25) is 0 Å². The Hall–Kier alpha value is -0.810. The van der Waals surface area contributed by atoms with Crippen molar-refractivity contribution in [1.29, 1.82) is 0 Å². The first-order valence-corrected chi connectivity index (χ1v) is 4.35. The summed E-state index contributed by atoms with van der Waals surface area (Å²) in [7, 11) is 3.54. The number of nitrogens with zero attached hydrogens (tertiary/aromatic N) is 1. The van der Waals surface area contributed by atoms with Crippen LogP contribution in [0.4, 0.5) is 4.79 Å². The highest BCUT2D eigenvalue weighted by Crippen LogP contribution is 1.91. The molecule has 0 rings (SSSR count). The number of hydrogen-bond acceptors (Lipinski definition) is 4. The molecule has 0 atom stereocenters. The minimum atomic E-state index is -0.384. The van der Waals surface area contributed by atoms with Crippen LogP contribution < -0.4 is 5.32 Å². The lowest BCUT2D eigenvalue weighted by Gasteiger charge is -2.16. The summed E-state index contributed by atoms with van der Waals surface area (Å²) >= 11 is 0. The Balaban J connectivity index is 3.45. The lowest BCUT2D eigenvalue weighted by molar-refractivity contribution is 0.0908. The van der Waals surface area contributed by atoms with Gasteiger partial charge >= 0.3 is 6.09 Å². The van der Waals surface area contributed by atoms with Crippen LogP contribution in [0.1, 0.15) is 6.42 Å². The molecule has 0 unspecified atom stereocenters. The van der Waals surface area contributed by atoms with Gasteiger partial charge in [-0.25, -0.2) is 4.79 Å². The molecule has 0 bridgehead atoms. The molecule has 0 aliphatic heterocycles. The van der Waals surface area contributed by atoms with Crippen LogP contribution >= 0.6 is 0 Å². The Morgan fingerprint density at radius 1 is 1.62 bits per heavy atom. The second-order valence-electron chi connectivity index (χ2n) is 2.72. The predicted octanol–water partition coefficient (Wildman–Crippen LogP) is -0.343. The van der Waals surface area contributed by atoms with Crippen LogP contribution in [-0.2, 0) is 4.74 Å². The van der Waals surface area contributed by atoms with Crippen molar-refractivity contribution >= 4 is 6.09 Å². The Morgan fingerprint density at radius 3 is 2.85 bits per heavy atom. The molecule has 0 aliphatic carbocycles.